The molecule has 2 rings (SSSR count). The van der Waals surface area contributed by atoms with Gasteiger partial charge in [-0.05, 0) is 50.2 Å². The van der Waals surface area contributed by atoms with Gasteiger partial charge in [0.15, 0.2) is 0 Å². The molecule has 5 nitrogen and oxygen atoms in total. The quantitative estimate of drug-likeness (QED) is 0.803. The van der Waals surface area contributed by atoms with Gasteiger partial charge in [-0.25, -0.2) is 4.98 Å². The van der Waals surface area contributed by atoms with Crippen LogP contribution >= 0.6 is 0 Å². The maximum Gasteiger partial charge on any atom is 0.229 e. The number of carbonyl (C=O) groups excluding carboxylic acids is 1. The number of carbonyl (C=O) groups is 1. The third-order valence-corrected chi connectivity index (χ3v) is 3.97. The minimum atomic E-state index is -0.427. The van der Waals surface area contributed by atoms with E-state index in [1.165, 1.54) is 5.69 Å². The topological polar surface area (TPSA) is 57.3 Å². The van der Waals surface area contributed by atoms with Gasteiger partial charge in [0.05, 0.1) is 11.9 Å². The first-order chi connectivity index (χ1) is 11.8. The van der Waals surface area contributed by atoms with E-state index in [0.29, 0.717) is 5.69 Å². The van der Waals surface area contributed by atoms with Gasteiger partial charge in [-0.1, -0.05) is 20.8 Å². The molecule has 134 valence electrons. The molecular weight excluding hydrogens is 312 g/mol. The number of rotatable bonds is 6. The Kier molecular flexibility index (Phi) is 6.02. The Hall–Kier alpha value is -2.56. The predicted molar refractivity (Wildman–Crippen MR) is 106 cm³/mol. The second-order valence-electron chi connectivity index (χ2n) is 6.98. The Balaban J connectivity index is 2.00. The molecule has 1 aromatic heterocycles. The molecule has 0 aliphatic heterocycles. The van der Waals surface area contributed by atoms with Crippen molar-refractivity contribution in [2.24, 2.45) is 5.41 Å². The van der Waals surface area contributed by atoms with Crippen LogP contribution in [0.4, 0.5) is 22.9 Å². The highest BCUT2D eigenvalue weighted by Crippen LogP contribution is 2.22. The number of nitrogens with zero attached hydrogens (tertiary/aromatic N) is 2. The van der Waals surface area contributed by atoms with Crippen LogP contribution < -0.4 is 15.5 Å². The van der Waals surface area contributed by atoms with Gasteiger partial charge in [0.25, 0.3) is 0 Å². The Bertz CT molecular complexity index is 683. The van der Waals surface area contributed by atoms with Crippen LogP contribution in [0.3, 0.4) is 0 Å². The first-order valence-electron chi connectivity index (χ1n) is 8.73. The zero-order valence-electron chi connectivity index (χ0n) is 15.8. The van der Waals surface area contributed by atoms with E-state index in [2.05, 4.69) is 46.5 Å². The van der Waals surface area contributed by atoms with Crippen molar-refractivity contribution in [2.45, 2.75) is 34.6 Å². The summed E-state index contributed by atoms with van der Waals surface area (Å²) >= 11 is 0. The van der Waals surface area contributed by atoms with E-state index in [4.69, 9.17) is 0 Å². The molecule has 1 heterocycles. The Labute approximate surface area is 150 Å². The molecule has 0 aliphatic carbocycles. The number of pyridine rings is 1. The maximum absolute atomic E-state index is 12.0. The molecule has 0 atom stereocenters. The van der Waals surface area contributed by atoms with Gasteiger partial charge in [-0.2, -0.15) is 0 Å². The van der Waals surface area contributed by atoms with Crippen LogP contribution in [0.5, 0.6) is 0 Å². The SMILES string of the molecule is CCN(CC)c1ccc(Nc2ccc(NC(=O)C(C)(C)C)cn2)cc1. The summed E-state index contributed by atoms with van der Waals surface area (Å²) in [5, 5.41) is 6.15. The maximum atomic E-state index is 12.0. The number of amides is 1. The Morgan fingerprint density at radius 1 is 1.00 bits per heavy atom. The summed E-state index contributed by atoms with van der Waals surface area (Å²) in [4.78, 5) is 18.7. The standard InChI is InChI=1S/C20H28N4O/c1-6-24(7-2)17-11-8-15(9-12-17)22-18-13-10-16(14-21-18)23-19(25)20(3,4)5/h8-14H,6-7H2,1-5H3,(H,21,22)(H,23,25). The number of nitrogens with one attached hydrogen (secondary N) is 2. The molecule has 0 saturated heterocycles. The zero-order valence-corrected chi connectivity index (χ0v) is 15.8. The van der Waals surface area contributed by atoms with Crippen LogP contribution in [0, 0.1) is 5.41 Å². The van der Waals surface area contributed by atoms with Gasteiger partial charge >= 0.3 is 0 Å². The minimum Gasteiger partial charge on any atom is -0.372 e. The highest BCUT2D eigenvalue weighted by molar-refractivity contribution is 5.94. The fourth-order valence-corrected chi connectivity index (χ4v) is 2.35. The minimum absolute atomic E-state index is 0.0259. The van der Waals surface area contributed by atoms with Crippen molar-refractivity contribution in [3.05, 3.63) is 42.6 Å². The first kappa shape index (κ1) is 18.8. The van der Waals surface area contributed by atoms with Crippen LogP contribution in [0.15, 0.2) is 42.6 Å². The third kappa shape index (κ3) is 5.21. The fourth-order valence-electron chi connectivity index (χ4n) is 2.35. The summed E-state index contributed by atoms with van der Waals surface area (Å²) < 4.78 is 0. The fraction of sp³-hybridized carbons (Fsp3) is 0.400. The molecular formula is C20H28N4O. The monoisotopic (exact) mass is 340 g/mol. The van der Waals surface area contributed by atoms with Crippen LogP contribution in [0.1, 0.15) is 34.6 Å². The van der Waals surface area contributed by atoms with E-state index in [-0.39, 0.29) is 5.91 Å². The molecule has 0 aliphatic rings. The number of benzene rings is 1. The van der Waals surface area contributed by atoms with Crippen LogP contribution in [0.25, 0.3) is 0 Å². The van der Waals surface area contributed by atoms with E-state index in [0.717, 1.165) is 24.6 Å². The lowest BCUT2D eigenvalue weighted by atomic mass is 9.96. The van der Waals surface area contributed by atoms with Crippen molar-refractivity contribution in [2.75, 3.05) is 28.6 Å². The molecule has 0 radical (unpaired) electrons. The van der Waals surface area contributed by atoms with Crippen LogP contribution in [-0.2, 0) is 4.79 Å². The highest BCUT2D eigenvalue weighted by Gasteiger charge is 2.21. The number of anilines is 4. The smallest absolute Gasteiger partial charge is 0.229 e. The van der Waals surface area contributed by atoms with Crippen molar-refractivity contribution in [3.8, 4) is 0 Å². The van der Waals surface area contributed by atoms with Crippen molar-refractivity contribution in [1.82, 2.24) is 4.98 Å². The van der Waals surface area contributed by atoms with E-state index < -0.39 is 5.41 Å². The molecule has 1 aromatic carbocycles. The summed E-state index contributed by atoms with van der Waals surface area (Å²) in [6.45, 7) is 11.9. The molecule has 0 saturated carbocycles. The molecule has 1 amide bonds. The van der Waals surface area contributed by atoms with Crippen LogP contribution in [0.2, 0.25) is 0 Å². The van der Waals surface area contributed by atoms with E-state index in [1.807, 2.05) is 45.0 Å². The van der Waals surface area contributed by atoms with Gasteiger partial charge in [-0.15, -0.1) is 0 Å². The number of hydrogen-bond acceptors (Lipinski definition) is 4. The Morgan fingerprint density at radius 2 is 1.60 bits per heavy atom. The normalized spacial score (nSPS) is 11.1. The number of aromatic nitrogens is 1. The molecule has 0 fully saturated rings. The second-order valence-corrected chi connectivity index (χ2v) is 6.98. The molecule has 5 heteroatoms. The van der Waals surface area contributed by atoms with Gasteiger partial charge in [-0.3, -0.25) is 4.79 Å². The largest absolute Gasteiger partial charge is 0.372 e. The molecule has 0 bridgehead atoms. The second kappa shape index (κ2) is 8.01. The van der Waals surface area contributed by atoms with E-state index in [9.17, 15) is 4.79 Å². The van der Waals surface area contributed by atoms with E-state index >= 15 is 0 Å². The van der Waals surface area contributed by atoms with Crippen molar-refractivity contribution >= 4 is 28.8 Å². The average Bonchev–Trinajstić information content (AvgIpc) is 2.58. The summed E-state index contributed by atoms with van der Waals surface area (Å²) in [6.07, 6.45) is 1.66. The van der Waals surface area contributed by atoms with Crippen molar-refractivity contribution in [3.63, 3.8) is 0 Å². The summed E-state index contributed by atoms with van der Waals surface area (Å²) in [5.41, 5.74) is 2.46. The zero-order chi connectivity index (χ0) is 18.4. The lowest BCUT2D eigenvalue weighted by Gasteiger charge is -2.21. The number of hydrogen-bond donors (Lipinski definition) is 2. The van der Waals surface area contributed by atoms with Crippen molar-refractivity contribution < 1.29 is 4.79 Å². The molecule has 0 unspecified atom stereocenters. The molecule has 0 spiro atoms. The summed E-state index contributed by atoms with van der Waals surface area (Å²) in [5.74, 6) is 0.714. The van der Waals surface area contributed by atoms with Crippen molar-refractivity contribution in [1.29, 1.82) is 0 Å². The summed E-state index contributed by atoms with van der Waals surface area (Å²) in [7, 11) is 0. The highest BCUT2D eigenvalue weighted by atomic mass is 16.2. The molecule has 25 heavy (non-hydrogen) atoms. The molecule has 2 N–H and O–H groups in total. The lowest BCUT2D eigenvalue weighted by Crippen LogP contribution is -2.27. The first-order valence-corrected chi connectivity index (χ1v) is 8.73. The third-order valence-electron chi connectivity index (χ3n) is 3.97. The Morgan fingerprint density at radius 3 is 2.08 bits per heavy atom. The lowest BCUT2D eigenvalue weighted by molar-refractivity contribution is -0.123. The average molecular weight is 340 g/mol. The van der Waals surface area contributed by atoms with Gasteiger partial charge < -0.3 is 15.5 Å². The van der Waals surface area contributed by atoms with Crippen LogP contribution in [-0.4, -0.2) is 24.0 Å². The van der Waals surface area contributed by atoms with Gasteiger partial charge in [0, 0.05) is 29.9 Å². The predicted octanol–water partition coefficient (Wildman–Crippen LogP) is 4.66. The molecule has 2 aromatic rings. The van der Waals surface area contributed by atoms with Gasteiger partial charge in [0.1, 0.15) is 5.82 Å². The van der Waals surface area contributed by atoms with Gasteiger partial charge in [0.2, 0.25) is 5.91 Å². The van der Waals surface area contributed by atoms with E-state index in [1.54, 1.807) is 6.20 Å². The summed E-state index contributed by atoms with van der Waals surface area (Å²) in [6, 6.07) is 12.0.